The third-order valence-electron chi connectivity index (χ3n) is 3.14. The van der Waals surface area contributed by atoms with Crippen LogP contribution >= 0.6 is 0 Å². The molecule has 0 aliphatic carbocycles. The fourth-order valence-electron chi connectivity index (χ4n) is 2.28. The average Bonchev–Trinajstić information content (AvgIpc) is 2.46. The summed E-state index contributed by atoms with van der Waals surface area (Å²) < 4.78 is 5.65. The summed E-state index contributed by atoms with van der Waals surface area (Å²) in [5.41, 5.74) is 2.32. The molecule has 0 bridgehead atoms. The van der Waals surface area contributed by atoms with Gasteiger partial charge in [-0.1, -0.05) is 24.3 Å². The minimum Gasteiger partial charge on any atom is -0.508 e. The van der Waals surface area contributed by atoms with E-state index in [0.29, 0.717) is 11.3 Å². The van der Waals surface area contributed by atoms with Crippen molar-refractivity contribution in [3.8, 4) is 22.6 Å². The molecule has 1 aliphatic rings. The smallest absolute Gasteiger partial charge is 0.218 e. The molecule has 94 valence electrons. The first-order chi connectivity index (χ1) is 9.20. The highest BCUT2D eigenvalue weighted by atomic mass is 16.5. The van der Waals surface area contributed by atoms with E-state index < -0.39 is 11.9 Å². The number of carbonyl (C=O) groups is 1. The highest BCUT2D eigenvalue weighted by molar-refractivity contribution is 6.28. The highest BCUT2D eigenvalue weighted by Crippen LogP contribution is 2.43. The van der Waals surface area contributed by atoms with Gasteiger partial charge in [-0.2, -0.15) is 0 Å². The van der Waals surface area contributed by atoms with Gasteiger partial charge in [0.05, 0.1) is 6.21 Å². The summed E-state index contributed by atoms with van der Waals surface area (Å²) in [4.78, 5) is 11.8. The van der Waals surface area contributed by atoms with E-state index in [-0.39, 0.29) is 5.75 Å². The Morgan fingerprint density at radius 3 is 2.79 bits per heavy atom. The molecule has 1 aliphatic heterocycles. The minimum atomic E-state index is -0.786. The molecule has 0 radical (unpaired) electrons. The van der Waals surface area contributed by atoms with Crippen LogP contribution in [0.5, 0.6) is 11.5 Å². The van der Waals surface area contributed by atoms with Gasteiger partial charge in [0, 0.05) is 11.1 Å². The van der Waals surface area contributed by atoms with Crippen LogP contribution in [-0.2, 0) is 4.79 Å². The maximum Gasteiger partial charge on any atom is 0.218 e. The van der Waals surface area contributed by atoms with Gasteiger partial charge in [0.25, 0.3) is 0 Å². The number of carbonyl (C=O) groups excluding carboxylic acids is 1. The van der Waals surface area contributed by atoms with Gasteiger partial charge in [0.15, 0.2) is 6.10 Å². The molecule has 19 heavy (non-hydrogen) atoms. The molecule has 4 nitrogen and oxygen atoms in total. The lowest BCUT2D eigenvalue weighted by molar-refractivity contribution is -0.119. The molecule has 4 heteroatoms. The number of hydrogen-bond donors (Lipinski definition) is 2. The second-order valence-corrected chi connectivity index (χ2v) is 4.31. The average molecular weight is 253 g/mol. The molecule has 2 aromatic carbocycles. The zero-order chi connectivity index (χ0) is 13.4. The molecule has 0 saturated carbocycles. The van der Waals surface area contributed by atoms with Crippen LogP contribution in [0.15, 0.2) is 42.5 Å². The van der Waals surface area contributed by atoms with Gasteiger partial charge >= 0.3 is 0 Å². The third kappa shape index (κ3) is 1.78. The molecule has 1 unspecified atom stereocenters. The van der Waals surface area contributed by atoms with Gasteiger partial charge in [-0.15, -0.1) is 0 Å². The number of fused-ring (bicyclic) bond motifs is 3. The number of phenols is 1. The van der Waals surface area contributed by atoms with E-state index in [1.54, 1.807) is 18.2 Å². The van der Waals surface area contributed by atoms with Gasteiger partial charge in [-0.05, 0) is 23.8 Å². The quantitative estimate of drug-likeness (QED) is 0.808. The SMILES string of the molecule is N=CC(=O)C1Oc2ccc(O)cc2-c2ccccc21. The summed E-state index contributed by atoms with van der Waals surface area (Å²) in [7, 11) is 0. The van der Waals surface area contributed by atoms with Gasteiger partial charge in [0.2, 0.25) is 5.78 Å². The Labute approximate surface area is 109 Å². The van der Waals surface area contributed by atoms with Crippen LogP contribution in [0.1, 0.15) is 11.7 Å². The van der Waals surface area contributed by atoms with Gasteiger partial charge in [0.1, 0.15) is 11.5 Å². The maximum atomic E-state index is 11.8. The van der Waals surface area contributed by atoms with Crippen molar-refractivity contribution in [1.82, 2.24) is 0 Å². The minimum absolute atomic E-state index is 0.147. The van der Waals surface area contributed by atoms with Crippen molar-refractivity contribution in [2.24, 2.45) is 0 Å². The normalized spacial score (nSPS) is 15.9. The number of Topliss-reactive ketones (excluding diaryl/α,β-unsaturated/α-hetero) is 1. The maximum absolute atomic E-state index is 11.8. The van der Waals surface area contributed by atoms with E-state index in [4.69, 9.17) is 10.1 Å². The van der Waals surface area contributed by atoms with Crippen molar-refractivity contribution in [2.45, 2.75) is 6.10 Å². The first kappa shape index (κ1) is 11.5. The number of rotatable bonds is 2. The number of nitrogens with one attached hydrogen (secondary N) is 1. The fourth-order valence-corrected chi connectivity index (χ4v) is 2.28. The summed E-state index contributed by atoms with van der Waals surface area (Å²) in [6.07, 6.45) is -0.0157. The standard InChI is InChI=1S/C15H11NO3/c16-8-13(18)15-11-4-2-1-3-10(11)12-7-9(17)5-6-14(12)19-15/h1-8,15-17H. The Morgan fingerprint density at radius 1 is 1.21 bits per heavy atom. The number of hydrogen-bond acceptors (Lipinski definition) is 4. The molecule has 0 fully saturated rings. The predicted octanol–water partition coefficient (Wildman–Crippen LogP) is 2.71. The van der Waals surface area contributed by atoms with Crippen molar-refractivity contribution < 1.29 is 14.6 Å². The van der Waals surface area contributed by atoms with Gasteiger partial charge in [-0.3, -0.25) is 4.79 Å². The first-order valence-corrected chi connectivity index (χ1v) is 5.84. The summed E-state index contributed by atoms with van der Waals surface area (Å²) in [5, 5.41) is 16.7. The molecule has 3 rings (SSSR count). The molecule has 2 N–H and O–H groups in total. The number of phenolic OH excluding ortho intramolecular Hbond substituents is 1. The number of aromatic hydroxyl groups is 1. The van der Waals surface area contributed by atoms with Crippen LogP contribution in [0.3, 0.4) is 0 Å². The number of ketones is 1. The second-order valence-electron chi connectivity index (χ2n) is 4.31. The van der Waals surface area contributed by atoms with Crippen molar-refractivity contribution >= 4 is 12.0 Å². The van der Waals surface area contributed by atoms with E-state index in [0.717, 1.165) is 17.3 Å². The zero-order valence-corrected chi connectivity index (χ0v) is 9.96. The molecule has 1 atom stereocenters. The largest absolute Gasteiger partial charge is 0.508 e. The van der Waals surface area contributed by atoms with E-state index >= 15 is 0 Å². The molecule has 0 saturated heterocycles. The Balaban J connectivity index is 2.23. The molecule has 1 heterocycles. The summed E-state index contributed by atoms with van der Waals surface area (Å²) in [6.45, 7) is 0. The predicted molar refractivity (Wildman–Crippen MR) is 70.7 cm³/mol. The van der Waals surface area contributed by atoms with Gasteiger partial charge in [-0.25, -0.2) is 0 Å². The molecule has 2 aromatic rings. The fraction of sp³-hybridized carbons (Fsp3) is 0.0667. The first-order valence-electron chi connectivity index (χ1n) is 5.84. The highest BCUT2D eigenvalue weighted by Gasteiger charge is 2.30. The van der Waals surface area contributed by atoms with Gasteiger partial charge < -0.3 is 15.3 Å². The van der Waals surface area contributed by atoms with Crippen molar-refractivity contribution in [1.29, 1.82) is 5.41 Å². The zero-order valence-electron chi connectivity index (χ0n) is 9.96. The number of benzene rings is 2. The van der Waals surface area contributed by atoms with Crippen LogP contribution in [0, 0.1) is 5.41 Å². The van der Waals surface area contributed by atoms with Crippen molar-refractivity contribution in [2.75, 3.05) is 0 Å². The van der Waals surface area contributed by atoms with Crippen molar-refractivity contribution in [3.05, 3.63) is 48.0 Å². The summed E-state index contributed by atoms with van der Waals surface area (Å²) in [5.74, 6) is 0.289. The Kier molecular flexibility index (Phi) is 2.56. The molecular weight excluding hydrogens is 242 g/mol. The lowest BCUT2D eigenvalue weighted by atomic mass is 9.91. The summed E-state index contributed by atoms with van der Waals surface area (Å²) >= 11 is 0. The van der Waals surface area contributed by atoms with Crippen LogP contribution in [0.25, 0.3) is 11.1 Å². The Hall–Kier alpha value is -2.62. The van der Waals surface area contributed by atoms with Crippen LogP contribution in [0.4, 0.5) is 0 Å². The third-order valence-corrected chi connectivity index (χ3v) is 3.14. The van der Waals surface area contributed by atoms with E-state index in [9.17, 15) is 9.90 Å². The number of ether oxygens (including phenoxy) is 1. The molecule has 0 aromatic heterocycles. The molecule has 0 spiro atoms. The van der Waals surface area contributed by atoms with E-state index in [2.05, 4.69) is 0 Å². The van der Waals surface area contributed by atoms with Crippen LogP contribution < -0.4 is 4.74 Å². The van der Waals surface area contributed by atoms with E-state index in [1.165, 1.54) is 6.07 Å². The van der Waals surface area contributed by atoms with Crippen LogP contribution in [0.2, 0.25) is 0 Å². The van der Waals surface area contributed by atoms with Crippen molar-refractivity contribution in [3.63, 3.8) is 0 Å². The summed E-state index contributed by atoms with van der Waals surface area (Å²) in [6, 6.07) is 12.1. The van der Waals surface area contributed by atoms with Crippen LogP contribution in [-0.4, -0.2) is 17.1 Å². The topological polar surface area (TPSA) is 70.4 Å². The monoisotopic (exact) mass is 253 g/mol. The lowest BCUT2D eigenvalue weighted by Gasteiger charge is -2.27. The molecule has 0 amide bonds. The van der Waals surface area contributed by atoms with E-state index in [1.807, 2.05) is 18.2 Å². The second kappa shape index (κ2) is 4.24. The Bertz CT molecular complexity index is 679. The molecular formula is C15H11NO3. The Morgan fingerprint density at radius 2 is 2.00 bits per heavy atom. The lowest BCUT2D eigenvalue weighted by Crippen LogP contribution is -2.23.